The predicted molar refractivity (Wildman–Crippen MR) is 118 cm³/mol. The van der Waals surface area contributed by atoms with Gasteiger partial charge < -0.3 is 0 Å². The molecule has 1 heterocycles. The third-order valence-electron chi connectivity index (χ3n) is 5.26. The van der Waals surface area contributed by atoms with Crippen LogP contribution in [0.1, 0.15) is 49.3 Å². The maximum Gasteiger partial charge on any atom is 0.240 e. The minimum atomic E-state index is -3.41. The number of nitrogens with zero attached hydrogens (tertiary/aromatic N) is 1. The van der Waals surface area contributed by atoms with E-state index in [2.05, 4.69) is 47.7 Å². The van der Waals surface area contributed by atoms with E-state index in [9.17, 15) is 8.42 Å². The van der Waals surface area contributed by atoms with Gasteiger partial charge in [0.1, 0.15) is 0 Å². The van der Waals surface area contributed by atoms with E-state index in [-0.39, 0.29) is 12.4 Å². The highest BCUT2D eigenvalue weighted by Crippen LogP contribution is 2.19. The van der Waals surface area contributed by atoms with E-state index in [4.69, 9.17) is 0 Å². The summed E-state index contributed by atoms with van der Waals surface area (Å²) in [5.41, 5.74) is 4.04. The first kappa shape index (κ1) is 22.9. The van der Waals surface area contributed by atoms with Crippen molar-refractivity contribution in [3.05, 3.63) is 65.2 Å². The summed E-state index contributed by atoms with van der Waals surface area (Å²) in [7, 11) is -3.41. The molecule has 0 aliphatic carbocycles. The van der Waals surface area contributed by atoms with Crippen LogP contribution in [-0.4, -0.2) is 33.0 Å². The van der Waals surface area contributed by atoms with Gasteiger partial charge in [-0.2, -0.15) is 0 Å². The van der Waals surface area contributed by atoms with Crippen molar-refractivity contribution in [1.82, 2.24) is 9.62 Å². The lowest BCUT2D eigenvalue weighted by Gasteiger charge is -2.28. The number of fused-ring (bicyclic) bond motifs is 1. The molecule has 0 atom stereocenters. The zero-order valence-corrected chi connectivity index (χ0v) is 18.4. The fourth-order valence-corrected chi connectivity index (χ4v) is 4.60. The number of hydrogen-bond acceptors (Lipinski definition) is 3. The van der Waals surface area contributed by atoms with Crippen molar-refractivity contribution >= 4 is 22.4 Å². The fraction of sp³-hybridized carbons (Fsp3) is 0.455. The maximum atomic E-state index is 12.4. The van der Waals surface area contributed by atoms with Gasteiger partial charge in [0.05, 0.1) is 4.90 Å². The van der Waals surface area contributed by atoms with Crippen LogP contribution in [0.15, 0.2) is 53.4 Å². The average molecular weight is 423 g/mol. The van der Waals surface area contributed by atoms with Crippen molar-refractivity contribution in [2.24, 2.45) is 0 Å². The van der Waals surface area contributed by atoms with Crippen LogP contribution < -0.4 is 4.72 Å². The maximum absolute atomic E-state index is 12.4. The number of unbranched alkanes of at least 4 members (excludes halogenated alkanes) is 1. The van der Waals surface area contributed by atoms with Gasteiger partial charge in [0.15, 0.2) is 0 Å². The second-order valence-corrected chi connectivity index (χ2v) is 9.39. The fourth-order valence-electron chi connectivity index (χ4n) is 3.53. The molecule has 0 fully saturated rings. The van der Waals surface area contributed by atoms with Gasteiger partial charge in [0.2, 0.25) is 10.0 Å². The summed E-state index contributed by atoms with van der Waals surface area (Å²) in [6.45, 7) is 7.79. The molecule has 0 amide bonds. The van der Waals surface area contributed by atoms with Crippen LogP contribution in [0.5, 0.6) is 0 Å². The van der Waals surface area contributed by atoms with Gasteiger partial charge in [-0.3, -0.25) is 4.90 Å². The highest BCUT2D eigenvalue weighted by Gasteiger charge is 2.16. The molecule has 0 bridgehead atoms. The Hall–Kier alpha value is -1.40. The molecule has 1 aliphatic heterocycles. The Morgan fingerprint density at radius 3 is 2.36 bits per heavy atom. The van der Waals surface area contributed by atoms with Crippen molar-refractivity contribution < 1.29 is 8.42 Å². The molecule has 1 N–H and O–H groups in total. The van der Waals surface area contributed by atoms with Crippen LogP contribution in [0.25, 0.3) is 0 Å². The summed E-state index contributed by atoms with van der Waals surface area (Å²) < 4.78 is 27.5. The highest BCUT2D eigenvalue weighted by atomic mass is 35.5. The first-order valence-corrected chi connectivity index (χ1v) is 11.3. The summed E-state index contributed by atoms with van der Waals surface area (Å²) in [5.74, 6) is 0.400. The number of sulfonamides is 1. The zero-order chi connectivity index (χ0) is 19.3. The molecule has 2 aromatic rings. The molecule has 154 valence electrons. The van der Waals surface area contributed by atoms with Crippen molar-refractivity contribution in [3.8, 4) is 0 Å². The lowest BCUT2D eigenvalue weighted by Crippen LogP contribution is -2.32. The molecule has 3 rings (SSSR count). The molecule has 0 saturated carbocycles. The molecule has 0 spiro atoms. The standard InChI is InChI=1S/C22H30N2O2S.ClH/c1-18(2)19-9-11-22(12-10-19)27(25,26)23-14-5-6-15-24-16-13-20-7-3-4-8-21(20)17-24;/h3-4,7-12,18,23H,5-6,13-17H2,1-2H3;1H. The second kappa shape index (κ2) is 10.4. The quantitative estimate of drug-likeness (QED) is 0.643. The number of hydrogen-bond donors (Lipinski definition) is 1. The van der Waals surface area contributed by atoms with E-state index in [1.54, 1.807) is 12.1 Å². The average Bonchev–Trinajstić information content (AvgIpc) is 2.67. The Bertz CT molecular complexity index is 851. The number of halogens is 1. The lowest BCUT2D eigenvalue weighted by molar-refractivity contribution is 0.249. The van der Waals surface area contributed by atoms with Crippen LogP contribution in [0.2, 0.25) is 0 Å². The molecule has 0 aromatic heterocycles. The largest absolute Gasteiger partial charge is 0.299 e. The van der Waals surface area contributed by atoms with Crippen LogP contribution >= 0.6 is 12.4 Å². The molecular weight excluding hydrogens is 392 g/mol. The van der Waals surface area contributed by atoms with E-state index in [0.29, 0.717) is 17.4 Å². The number of benzene rings is 2. The summed E-state index contributed by atoms with van der Waals surface area (Å²) in [4.78, 5) is 2.81. The Morgan fingerprint density at radius 2 is 1.68 bits per heavy atom. The van der Waals surface area contributed by atoms with Crippen LogP contribution in [-0.2, 0) is 23.0 Å². The normalized spacial score (nSPS) is 14.5. The van der Waals surface area contributed by atoms with Gasteiger partial charge in [-0.05, 0) is 60.5 Å². The van der Waals surface area contributed by atoms with Gasteiger partial charge in [0.25, 0.3) is 0 Å². The summed E-state index contributed by atoms with van der Waals surface area (Å²) in [5, 5.41) is 0. The van der Waals surface area contributed by atoms with E-state index >= 15 is 0 Å². The summed E-state index contributed by atoms with van der Waals surface area (Å²) in [6, 6.07) is 15.8. The predicted octanol–water partition coefficient (Wildman–Crippen LogP) is 4.35. The third kappa shape index (κ3) is 6.05. The Labute approximate surface area is 175 Å². The SMILES string of the molecule is CC(C)c1ccc(S(=O)(=O)NCCCCN2CCc3ccccc3C2)cc1.Cl. The van der Waals surface area contributed by atoms with Gasteiger partial charge >= 0.3 is 0 Å². The second-order valence-electron chi connectivity index (χ2n) is 7.62. The van der Waals surface area contributed by atoms with Crippen molar-refractivity contribution in [2.45, 2.75) is 50.5 Å². The van der Waals surface area contributed by atoms with Crippen LogP contribution in [0, 0.1) is 0 Å². The molecule has 2 aromatic carbocycles. The first-order valence-electron chi connectivity index (χ1n) is 9.84. The van der Waals surface area contributed by atoms with Crippen molar-refractivity contribution in [2.75, 3.05) is 19.6 Å². The van der Waals surface area contributed by atoms with Gasteiger partial charge in [-0.25, -0.2) is 13.1 Å². The Balaban J connectivity index is 0.00000280. The third-order valence-corrected chi connectivity index (χ3v) is 6.74. The molecular formula is C22H31ClN2O2S. The Morgan fingerprint density at radius 1 is 1.00 bits per heavy atom. The molecule has 6 heteroatoms. The van der Waals surface area contributed by atoms with Crippen LogP contribution in [0.3, 0.4) is 0 Å². The minimum Gasteiger partial charge on any atom is -0.299 e. The van der Waals surface area contributed by atoms with E-state index in [1.165, 1.54) is 11.1 Å². The lowest BCUT2D eigenvalue weighted by atomic mass is 10.00. The van der Waals surface area contributed by atoms with E-state index in [1.807, 2.05) is 12.1 Å². The Kier molecular flexibility index (Phi) is 8.50. The first-order chi connectivity index (χ1) is 13.0. The number of rotatable bonds is 8. The topological polar surface area (TPSA) is 49.4 Å². The summed E-state index contributed by atoms with van der Waals surface area (Å²) >= 11 is 0. The molecule has 4 nitrogen and oxygen atoms in total. The molecule has 1 aliphatic rings. The van der Waals surface area contributed by atoms with E-state index in [0.717, 1.165) is 44.5 Å². The van der Waals surface area contributed by atoms with Gasteiger partial charge in [-0.1, -0.05) is 50.2 Å². The van der Waals surface area contributed by atoms with Crippen molar-refractivity contribution in [3.63, 3.8) is 0 Å². The summed E-state index contributed by atoms with van der Waals surface area (Å²) in [6.07, 6.45) is 2.95. The van der Waals surface area contributed by atoms with Crippen molar-refractivity contribution in [1.29, 1.82) is 0 Å². The van der Waals surface area contributed by atoms with Crippen LogP contribution in [0.4, 0.5) is 0 Å². The molecule has 0 unspecified atom stereocenters. The smallest absolute Gasteiger partial charge is 0.240 e. The van der Waals surface area contributed by atoms with Gasteiger partial charge in [-0.15, -0.1) is 12.4 Å². The molecule has 0 radical (unpaired) electrons. The highest BCUT2D eigenvalue weighted by molar-refractivity contribution is 7.89. The van der Waals surface area contributed by atoms with Gasteiger partial charge in [0, 0.05) is 19.6 Å². The number of nitrogens with one attached hydrogen (secondary N) is 1. The zero-order valence-electron chi connectivity index (χ0n) is 16.7. The minimum absolute atomic E-state index is 0. The van der Waals surface area contributed by atoms with E-state index < -0.39 is 10.0 Å². The molecule has 28 heavy (non-hydrogen) atoms. The monoisotopic (exact) mass is 422 g/mol. The molecule has 0 saturated heterocycles.